The first-order valence-corrected chi connectivity index (χ1v) is 5.50. The van der Waals surface area contributed by atoms with Crippen molar-refractivity contribution in [2.45, 2.75) is 33.8 Å². The average molecular weight is 225 g/mol. The largest absolute Gasteiger partial charge is 0.396 e. The van der Waals surface area contributed by atoms with Gasteiger partial charge in [-0.25, -0.2) is 4.39 Å². The van der Waals surface area contributed by atoms with Crippen molar-refractivity contribution in [1.29, 1.82) is 0 Å². The molecular weight excluding hydrogens is 205 g/mol. The van der Waals surface area contributed by atoms with Crippen LogP contribution in [0.1, 0.15) is 32.8 Å². The third-order valence-corrected chi connectivity index (χ3v) is 2.33. The molecule has 0 saturated heterocycles. The van der Waals surface area contributed by atoms with Crippen molar-refractivity contribution in [3.05, 3.63) is 29.6 Å². The minimum atomic E-state index is -0.378. The van der Waals surface area contributed by atoms with Gasteiger partial charge in [0.15, 0.2) is 0 Å². The minimum Gasteiger partial charge on any atom is -0.396 e. The van der Waals surface area contributed by atoms with Gasteiger partial charge in [-0.05, 0) is 29.5 Å². The fraction of sp³-hybridized carbons (Fsp3) is 0.538. The summed E-state index contributed by atoms with van der Waals surface area (Å²) in [4.78, 5) is 0. The lowest BCUT2D eigenvalue weighted by atomic mass is 9.93. The van der Waals surface area contributed by atoms with E-state index >= 15 is 0 Å². The molecule has 0 bridgehead atoms. The molecule has 1 aromatic rings. The highest BCUT2D eigenvalue weighted by Crippen LogP contribution is 2.18. The van der Waals surface area contributed by atoms with Crippen LogP contribution in [0.5, 0.6) is 0 Å². The molecule has 0 unspecified atom stereocenters. The summed E-state index contributed by atoms with van der Waals surface area (Å²) >= 11 is 0. The molecule has 2 nitrogen and oxygen atoms in total. The average Bonchev–Trinajstić information content (AvgIpc) is 2.17. The van der Waals surface area contributed by atoms with Crippen LogP contribution in [0.15, 0.2) is 18.2 Å². The van der Waals surface area contributed by atoms with E-state index in [1.807, 2.05) is 0 Å². The summed E-state index contributed by atoms with van der Waals surface area (Å²) in [5.41, 5.74) is 6.65. The molecule has 0 atom stereocenters. The molecular formula is C13H20FNO. The molecule has 0 aliphatic heterocycles. The Bertz CT molecular complexity index is 344. The molecule has 0 heterocycles. The van der Waals surface area contributed by atoms with Gasteiger partial charge in [-0.3, -0.25) is 0 Å². The summed E-state index contributed by atoms with van der Waals surface area (Å²) in [7, 11) is 0. The lowest BCUT2D eigenvalue weighted by molar-refractivity contribution is 0.0961. The Balaban J connectivity index is 2.35. The van der Waals surface area contributed by atoms with E-state index in [0.29, 0.717) is 13.2 Å². The molecule has 1 aromatic carbocycles. The topological polar surface area (TPSA) is 35.2 Å². The van der Waals surface area contributed by atoms with Crippen molar-refractivity contribution in [1.82, 2.24) is 0 Å². The zero-order valence-corrected chi connectivity index (χ0v) is 10.2. The van der Waals surface area contributed by atoms with Crippen molar-refractivity contribution < 1.29 is 9.13 Å². The zero-order valence-electron chi connectivity index (χ0n) is 10.2. The van der Waals surface area contributed by atoms with Gasteiger partial charge in [-0.2, -0.15) is 0 Å². The number of halogens is 1. The van der Waals surface area contributed by atoms with Crippen LogP contribution in [0.4, 0.5) is 10.1 Å². The van der Waals surface area contributed by atoms with E-state index in [1.165, 1.54) is 6.07 Å². The second kappa shape index (κ2) is 5.30. The lowest BCUT2D eigenvalue weighted by Gasteiger charge is -2.17. The van der Waals surface area contributed by atoms with E-state index in [9.17, 15) is 4.39 Å². The Morgan fingerprint density at radius 3 is 2.56 bits per heavy atom. The van der Waals surface area contributed by atoms with E-state index in [2.05, 4.69) is 20.8 Å². The third-order valence-electron chi connectivity index (χ3n) is 2.33. The second-order valence-electron chi connectivity index (χ2n) is 5.22. The van der Waals surface area contributed by atoms with Gasteiger partial charge >= 0.3 is 0 Å². The third kappa shape index (κ3) is 4.62. The van der Waals surface area contributed by atoms with Crippen LogP contribution in [0, 0.1) is 11.2 Å². The predicted molar refractivity (Wildman–Crippen MR) is 64.5 cm³/mol. The first-order valence-electron chi connectivity index (χ1n) is 5.50. The van der Waals surface area contributed by atoms with E-state index in [-0.39, 0.29) is 16.9 Å². The maximum absolute atomic E-state index is 13.1. The van der Waals surface area contributed by atoms with Gasteiger partial charge in [0, 0.05) is 6.61 Å². The highest BCUT2D eigenvalue weighted by Gasteiger charge is 2.09. The van der Waals surface area contributed by atoms with Crippen LogP contribution in [-0.4, -0.2) is 6.61 Å². The van der Waals surface area contributed by atoms with E-state index in [0.717, 1.165) is 12.0 Å². The van der Waals surface area contributed by atoms with Gasteiger partial charge < -0.3 is 10.5 Å². The van der Waals surface area contributed by atoms with E-state index in [1.54, 1.807) is 12.1 Å². The molecule has 16 heavy (non-hydrogen) atoms. The standard InChI is InChI=1S/C13H20FNO/c1-13(2,3)6-7-16-9-10-4-5-12(15)11(14)8-10/h4-5,8H,6-7,9,15H2,1-3H3. The zero-order chi connectivity index (χ0) is 12.2. The number of nitrogen functional groups attached to an aromatic ring is 1. The number of benzene rings is 1. The molecule has 0 aliphatic carbocycles. The van der Waals surface area contributed by atoms with Crippen molar-refractivity contribution in [3.63, 3.8) is 0 Å². The number of anilines is 1. The molecule has 0 amide bonds. The molecule has 2 N–H and O–H groups in total. The fourth-order valence-electron chi connectivity index (χ4n) is 1.23. The molecule has 0 radical (unpaired) electrons. The number of nitrogens with two attached hydrogens (primary N) is 1. The van der Waals surface area contributed by atoms with Gasteiger partial charge in [-0.15, -0.1) is 0 Å². The SMILES string of the molecule is CC(C)(C)CCOCc1ccc(N)c(F)c1. The molecule has 0 fully saturated rings. The summed E-state index contributed by atoms with van der Waals surface area (Å²) in [6.45, 7) is 7.63. The van der Waals surface area contributed by atoms with E-state index in [4.69, 9.17) is 10.5 Å². The molecule has 0 aliphatic rings. The van der Waals surface area contributed by atoms with Gasteiger partial charge in [0.2, 0.25) is 0 Å². The van der Waals surface area contributed by atoms with Gasteiger partial charge in [0.05, 0.1) is 12.3 Å². The van der Waals surface area contributed by atoms with E-state index < -0.39 is 0 Å². The Hall–Kier alpha value is -1.09. The monoisotopic (exact) mass is 225 g/mol. The van der Waals surface area contributed by atoms with Crippen molar-refractivity contribution in [2.75, 3.05) is 12.3 Å². The van der Waals surface area contributed by atoms with Crippen molar-refractivity contribution in [2.24, 2.45) is 5.41 Å². The lowest BCUT2D eigenvalue weighted by Crippen LogP contribution is -2.09. The first-order chi connectivity index (χ1) is 7.38. The van der Waals surface area contributed by atoms with Crippen LogP contribution in [0.25, 0.3) is 0 Å². The molecule has 0 saturated carbocycles. The first kappa shape index (κ1) is 13.0. The normalized spacial score (nSPS) is 11.8. The summed E-state index contributed by atoms with van der Waals surface area (Å²) in [6, 6.07) is 4.78. The Morgan fingerprint density at radius 2 is 2.00 bits per heavy atom. The number of hydrogen-bond donors (Lipinski definition) is 1. The van der Waals surface area contributed by atoms with Crippen molar-refractivity contribution >= 4 is 5.69 Å². The minimum absolute atomic E-state index is 0.179. The van der Waals surface area contributed by atoms with Gasteiger partial charge in [-0.1, -0.05) is 26.8 Å². The van der Waals surface area contributed by atoms with Gasteiger partial charge in [0.25, 0.3) is 0 Å². The fourth-order valence-corrected chi connectivity index (χ4v) is 1.23. The quantitative estimate of drug-likeness (QED) is 0.630. The summed E-state index contributed by atoms with van der Waals surface area (Å²) < 4.78 is 18.6. The van der Waals surface area contributed by atoms with Crippen LogP contribution < -0.4 is 5.73 Å². The molecule has 90 valence electrons. The molecule has 0 spiro atoms. The highest BCUT2D eigenvalue weighted by molar-refractivity contribution is 5.41. The Morgan fingerprint density at radius 1 is 1.31 bits per heavy atom. The smallest absolute Gasteiger partial charge is 0.146 e. The second-order valence-corrected chi connectivity index (χ2v) is 5.22. The van der Waals surface area contributed by atoms with Crippen LogP contribution in [0.2, 0.25) is 0 Å². The summed E-state index contributed by atoms with van der Waals surface area (Å²) in [6.07, 6.45) is 0.991. The molecule has 0 aromatic heterocycles. The van der Waals surface area contributed by atoms with Crippen molar-refractivity contribution in [3.8, 4) is 0 Å². The Kier molecular flexibility index (Phi) is 4.30. The van der Waals surface area contributed by atoms with Crippen LogP contribution in [0.3, 0.4) is 0 Å². The van der Waals surface area contributed by atoms with Gasteiger partial charge in [0.1, 0.15) is 5.82 Å². The number of rotatable bonds is 4. The number of hydrogen-bond acceptors (Lipinski definition) is 2. The number of ether oxygens (including phenoxy) is 1. The van der Waals surface area contributed by atoms with Crippen LogP contribution in [-0.2, 0) is 11.3 Å². The summed E-state index contributed by atoms with van der Waals surface area (Å²) in [5, 5.41) is 0. The maximum Gasteiger partial charge on any atom is 0.146 e. The molecule has 3 heteroatoms. The maximum atomic E-state index is 13.1. The summed E-state index contributed by atoms with van der Waals surface area (Å²) in [5.74, 6) is -0.378. The van der Waals surface area contributed by atoms with Crippen LogP contribution >= 0.6 is 0 Å². The predicted octanol–water partition coefficient (Wildman–Crippen LogP) is 3.36. The Labute approximate surface area is 96.6 Å². The highest BCUT2D eigenvalue weighted by atomic mass is 19.1. The molecule has 1 rings (SSSR count).